The minimum Gasteiger partial charge on any atom is -0.481 e. The second-order valence-corrected chi connectivity index (χ2v) is 11.7. The van der Waals surface area contributed by atoms with Crippen LogP contribution in [0.4, 0.5) is 17.6 Å². The van der Waals surface area contributed by atoms with Gasteiger partial charge in [0.1, 0.15) is 29.8 Å². The molecule has 248 valence electrons. The number of halogens is 4. The zero-order valence-electron chi connectivity index (χ0n) is 24.5. The van der Waals surface area contributed by atoms with Crippen LogP contribution in [0.15, 0.2) is 54.7 Å². The number of amides is 1. The molecule has 1 saturated carbocycles. The van der Waals surface area contributed by atoms with Gasteiger partial charge < -0.3 is 30.1 Å². The fourth-order valence-electron chi connectivity index (χ4n) is 6.49. The summed E-state index contributed by atoms with van der Waals surface area (Å²) in [6, 6.07) is 7.91. The quantitative estimate of drug-likeness (QED) is 0.255. The van der Waals surface area contributed by atoms with Crippen LogP contribution in [-0.4, -0.2) is 89.3 Å². The number of carboxylic acids is 1. The summed E-state index contributed by atoms with van der Waals surface area (Å²) in [6.07, 6.45) is -8.15. The van der Waals surface area contributed by atoms with Gasteiger partial charge in [0.25, 0.3) is 5.91 Å². The molecule has 2 heterocycles. The molecule has 1 amide bonds. The van der Waals surface area contributed by atoms with E-state index < -0.39 is 91.4 Å². The number of ether oxygens (including phenoxy) is 1. The highest BCUT2D eigenvalue weighted by Crippen LogP contribution is 2.40. The molecule has 15 heteroatoms. The maximum absolute atomic E-state index is 14.5. The molecular formula is C31H34F4N4O7. The average molecular weight is 651 g/mol. The zero-order chi connectivity index (χ0) is 33.2. The van der Waals surface area contributed by atoms with Gasteiger partial charge in [-0.3, -0.25) is 9.59 Å². The number of carbonyl (C=O) groups is 2. The van der Waals surface area contributed by atoms with Gasteiger partial charge in [0.2, 0.25) is 0 Å². The Kier molecular flexibility index (Phi) is 10.1. The van der Waals surface area contributed by atoms with Crippen LogP contribution in [0.25, 0.3) is 11.3 Å². The SMILES string of the molecule is O=C(O)C[C@@H]1[C@H](n2cc(-c3cccc(F)c3)nn2)[C@@H](O)[C@@H](CO)O[C@H]1C(=O)N(Cc1ccccc1C(F)(F)F)[C@H]1CCCC[C@@H]1O. The molecule has 0 radical (unpaired) electrons. The zero-order valence-corrected chi connectivity index (χ0v) is 24.5. The Hall–Kier alpha value is -3.92. The van der Waals surface area contributed by atoms with Crippen molar-refractivity contribution in [3.8, 4) is 11.3 Å². The van der Waals surface area contributed by atoms with Gasteiger partial charge >= 0.3 is 12.1 Å². The van der Waals surface area contributed by atoms with Crippen LogP contribution in [0, 0.1) is 11.7 Å². The van der Waals surface area contributed by atoms with E-state index in [2.05, 4.69) is 10.3 Å². The number of aliphatic hydroxyl groups excluding tert-OH is 3. The van der Waals surface area contributed by atoms with Crippen LogP contribution in [0.1, 0.15) is 49.3 Å². The van der Waals surface area contributed by atoms with E-state index in [1.165, 1.54) is 42.6 Å². The summed E-state index contributed by atoms with van der Waals surface area (Å²) in [6.45, 7) is -1.37. The Balaban J connectivity index is 1.57. The fraction of sp³-hybridized carbons (Fsp3) is 0.484. The molecule has 11 nitrogen and oxygen atoms in total. The number of aliphatic carboxylic acids is 1. The molecule has 2 aliphatic rings. The Morgan fingerprint density at radius 1 is 1.07 bits per heavy atom. The van der Waals surface area contributed by atoms with Gasteiger partial charge in [-0.05, 0) is 36.6 Å². The van der Waals surface area contributed by atoms with Gasteiger partial charge in [-0.15, -0.1) is 5.10 Å². The Morgan fingerprint density at radius 2 is 1.80 bits per heavy atom. The monoisotopic (exact) mass is 650 g/mol. The number of carboxylic acid groups (broad SMARTS) is 1. The topological polar surface area (TPSA) is 158 Å². The number of aliphatic hydroxyl groups is 3. The molecule has 1 aromatic heterocycles. The van der Waals surface area contributed by atoms with Crippen molar-refractivity contribution >= 4 is 11.9 Å². The first kappa shape index (κ1) is 33.4. The Bertz CT molecular complexity index is 1540. The predicted molar refractivity (Wildman–Crippen MR) is 152 cm³/mol. The molecule has 1 aliphatic carbocycles. The van der Waals surface area contributed by atoms with Crippen LogP contribution in [-0.2, 0) is 27.0 Å². The summed E-state index contributed by atoms with van der Waals surface area (Å²) in [5.41, 5.74) is -0.710. The number of alkyl halides is 3. The first-order chi connectivity index (χ1) is 21.9. The third kappa shape index (κ3) is 7.07. The van der Waals surface area contributed by atoms with Crippen LogP contribution in [0.3, 0.4) is 0 Å². The molecule has 7 atom stereocenters. The number of rotatable bonds is 9. The normalized spacial score (nSPS) is 26.9. The molecular weight excluding hydrogens is 616 g/mol. The summed E-state index contributed by atoms with van der Waals surface area (Å²) in [5.74, 6) is -4.19. The molecule has 5 rings (SSSR count). The highest BCUT2D eigenvalue weighted by molar-refractivity contribution is 5.83. The standard InChI is InChI=1S/C31H34F4N4O7/c32-19-8-5-7-17(12-19)22-15-39(37-36-22)27-20(13-26(42)43)29(46-25(16-40)28(27)44)30(45)38(23-10-3-4-11-24(23)41)14-18-6-1-2-9-21(18)31(33,34)35/h1-2,5-9,12,15,20,23-25,27-29,40-41,44H,3-4,10-11,13-14,16H2,(H,42,43)/t20-,23+,24+,25-,27+,28+,29-/m1/s1. The third-order valence-corrected chi connectivity index (χ3v) is 8.69. The second kappa shape index (κ2) is 13.8. The molecule has 0 bridgehead atoms. The van der Waals surface area contributed by atoms with Crippen molar-refractivity contribution in [2.24, 2.45) is 5.92 Å². The molecule has 0 unspecified atom stereocenters. The third-order valence-electron chi connectivity index (χ3n) is 8.69. The lowest BCUT2D eigenvalue weighted by atomic mass is 9.81. The largest absolute Gasteiger partial charge is 0.481 e. The van der Waals surface area contributed by atoms with Crippen molar-refractivity contribution in [3.63, 3.8) is 0 Å². The number of hydrogen-bond acceptors (Lipinski definition) is 8. The second-order valence-electron chi connectivity index (χ2n) is 11.7. The van der Waals surface area contributed by atoms with Crippen LogP contribution in [0.2, 0.25) is 0 Å². The smallest absolute Gasteiger partial charge is 0.416 e. The van der Waals surface area contributed by atoms with E-state index in [1.807, 2.05) is 0 Å². The minimum atomic E-state index is -4.74. The molecule has 2 aromatic carbocycles. The van der Waals surface area contributed by atoms with Crippen LogP contribution >= 0.6 is 0 Å². The van der Waals surface area contributed by atoms with Crippen LogP contribution in [0.5, 0.6) is 0 Å². The summed E-state index contributed by atoms with van der Waals surface area (Å²) >= 11 is 0. The lowest BCUT2D eigenvalue weighted by molar-refractivity contribution is -0.202. The lowest BCUT2D eigenvalue weighted by Gasteiger charge is -2.46. The Labute approximate surface area is 261 Å². The maximum Gasteiger partial charge on any atom is 0.416 e. The van der Waals surface area contributed by atoms with E-state index in [1.54, 1.807) is 6.07 Å². The van der Waals surface area contributed by atoms with E-state index >= 15 is 0 Å². The van der Waals surface area contributed by atoms with Crippen molar-refractivity contribution in [3.05, 3.63) is 71.7 Å². The Morgan fingerprint density at radius 3 is 2.48 bits per heavy atom. The molecule has 2 fully saturated rings. The number of benzene rings is 2. The van der Waals surface area contributed by atoms with E-state index in [9.17, 15) is 47.6 Å². The summed E-state index contributed by atoms with van der Waals surface area (Å²) in [5, 5.41) is 50.3. The predicted octanol–water partition coefficient (Wildman–Crippen LogP) is 3.19. The fourth-order valence-corrected chi connectivity index (χ4v) is 6.49. The number of hydrogen-bond donors (Lipinski definition) is 4. The van der Waals surface area contributed by atoms with Gasteiger partial charge in [0, 0.05) is 18.0 Å². The van der Waals surface area contributed by atoms with Gasteiger partial charge in [0.15, 0.2) is 0 Å². The molecule has 1 aliphatic heterocycles. The van der Waals surface area contributed by atoms with E-state index in [-0.39, 0.29) is 17.7 Å². The number of carbonyl (C=O) groups excluding carboxylic acids is 1. The lowest BCUT2D eigenvalue weighted by Crippen LogP contribution is -2.60. The number of nitrogens with zero attached hydrogens (tertiary/aromatic N) is 4. The van der Waals surface area contributed by atoms with E-state index in [0.29, 0.717) is 24.8 Å². The van der Waals surface area contributed by atoms with Crippen LogP contribution < -0.4 is 0 Å². The average Bonchev–Trinajstić information content (AvgIpc) is 3.50. The van der Waals surface area contributed by atoms with Crippen molar-refractivity contribution in [2.45, 2.75) is 81.3 Å². The first-order valence-electron chi connectivity index (χ1n) is 14.9. The summed E-state index contributed by atoms with van der Waals surface area (Å²) in [7, 11) is 0. The van der Waals surface area contributed by atoms with Gasteiger partial charge in [0.05, 0.1) is 43.0 Å². The molecule has 3 aromatic rings. The van der Waals surface area contributed by atoms with Crippen molar-refractivity contribution in [1.29, 1.82) is 0 Å². The van der Waals surface area contributed by atoms with Gasteiger partial charge in [-0.1, -0.05) is 48.4 Å². The highest BCUT2D eigenvalue weighted by atomic mass is 19.4. The van der Waals surface area contributed by atoms with E-state index in [0.717, 1.165) is 15.6 Å². The minimum absolute atomic E-state index is 0.173. The van der Waals surface area contributed by atoms with Gasteiger partial charge in [-0.2, -0.15) is 13.2 Å². The molecule has 1 saturated heterocycles. The highest BCUT2D eigenvalue weighted by Gasteiger charge is 2.52. The van der Waals surface area contributed by atoms with Gasteiger partial charge in [-0.25, -0.2) is 9.07 Å². The van der Waals surface area contributed by atoms with Crippen molar-refractivity contribution in [2.75, 3.05) is 6.61 Å². The van der Waals surface area contributed by atoms with Crippen molar-refractivity contribution in [1.82, 2.24) is 19.9 Å². The molecule has 4 N–H and O–H groups in total. The maximum atomic E-state index is 14.5. The van der Waals surface area contributed by atoms with E-state index in [4.69, 9.17) is 4.74 Å². The summed E-state index contributed by atoms with van der Waals surface area (Å²) in [4.78, 5) is 27.7. The first-order valence-corrected chi connectivity index (χ1v) is 14.9. The summed E-state index contributed by atoms with van der Waals surface area (Å²) < 4.78 is 62.8. The van der Waals surface area contributed by atoms with Crippen molar-refractivity contribution < 1.29 is 52.3 Å². The molecule has 0 spiro atoms. The molecule has 46 heavy (non-hydrogen) atoms. The number of aromatic nitrogens is 3.